The molecule has 0 radical (unpaired) electrons. The maximum Gasteiger partial charge on any atom is 0.253 e. The van der Waals surface area contributed by atoms with Crippen LogP contribution in [0.2, 0.25) is 0 Å². The van der Waals surface area contributed by atoms with E-state index >= 15 is 0 Å². The van der Waals surface area contributed by atoms with Gasteiger partial charge in [0, 0.05) is 24.0 Å². The molecular weight excluding hydrogens is 433 g/mol. The summed E-state index contributed by atoms with van der Waals surface area (Å²) in [6, 6.07) is 14.4. The quantitative estimate of drug-likeness (QED) is 0.410. The van der Waals surface area contributed by atoms with E-state index in [0.717, 1.165) is 59.1 Å². The lowest BCUT2D eigenvalue weighted by molar-refractivity contribution is -0.123. The Bertz CT molecular complexity index is 1350. The van der Waals surface area contributed by atoms with Crippen LogP contribution in [0.5, 0.6) is 0 Å². The van der Waals surface area contributed by atoms with Crippen LogP contribution in [0.1, 0.15) is 52.0 Å². The minimum atomic E-state index is -0.587. The number of fused-ring (bicyclic) bond motifs is 2. The second-order valence-electron chi connectivity index (χ2n) is 8.52. The van der Waals surface area contributed by atoms with Gasteiger partial charge in [0.25, 0.3) is 5.91 Å². The Hall–Kier alpha value is -4.07. The minimum absolute atomic E-state index is 0.102. The second kappa shape index (κ2) is 9.43. The van der Waals surface area contributed by atoms with E-state index in [0.29, 0.717) is 0 Å². The Morgan fingerprint density at radius 2 is 1.94 bits per heavy atom. The second-order valence-corrected chi connectivity index (χ2v) is 8.52. The Morgan fingerprint density at radius 1 is 1.09 bits per heavy atom. The Labute approximate surface area is 195 Å². The molecule has 2 unspecified atom stereocenters. The van der Waals surface area contributed by atoms with Crippen LogP contribution in [-0.4, -0.2) is 33.5 Å². The number of hydrogen-bond donors (Lipinski definition) is 3. The van der Waals surface area contributed by atoms with Crippen LogP contribution in [0.15, 0.2) is 67.1 Å². The molecule has 5 rings (SSSR count). The summed E-state index contributed by atoms with van der Waals surface area (Å²) in [5, 5.41) is 15.1. The predicted octanol–water partition coefficient (Wildman–Crippen LogP) is 3.80. The summed E-state index contributed by atoms with van der Waals surface area (Å²) in [6.45, 7) is 0.190. The first-order valence-electron chi connectivity index (χ1n) is 11.3. The van der Waals surface area contributed by atoms with Crippen molar-refractivity contribution < 1.29 is 14.0 Å². The molecule has 0 spiro atoms. The molecule has 3 N–H and O–H groups in total. The van der Waals surface area contributed by atoms with Gasteiger partial charge in [-0.15, -0.1) is 0 Å². The maximum absolute atomic E-state index is 13.6. The third kappa shape index (κ3) is 4.52. The van der Waals surface area contributed by atoms with Crippen molar-refractivity contribution >= 4 is 22.6 Å². The van der Waals surface area contributed by atoms with Gasteiger partial charge in [0.1, 0.15) is 5.82 Å². The monoisotopic (exact) mass is 457 g/mol. The van der Waals surface area contributed by atoms with Gasteiger partial charge in [0.2, 0.25) is 5.91 Å². The molecule has 2 heterocycles. The van der Waals surface area contributed by atoms with Gasteiger partial charge < -0.3 is 10.6 Å². The number of halogens is 1. The Balaban J connectivity index is 1.38. The number of aryl methyl sites for hydroxylation is 1. The number of aromatic nitrogens is 3. The molecule has 0 bridgehead atoms. The third-order valence-electron chi connectivity index (χ3n) is 6.29. The van der Waals surface area contributed by atoms with Crippen molar-refractivity contribution in [1.82, 2.24) is 25.8 Å². The van der Waals surface area contributed by atoms with Crippen molar-refractivity contribution in [2.75, 3.05) is 6.54 Å². The van der Waals surface area contributed by atoms with Gasteiger partial charge in [-0.05, 0) is 47.7 Å². The van der Waals surface area contributed by atoms with Crippen molar-refractivity contribution in [3.05, 3.63) is 95.3 Å². The van der Waals surface area contributed by atoms with E-state index in [4.69, 9.17) is 0 Å². The van der Waals surface area contributed by atoms with E-state index in [2.05, 4.69) is 25.8 Å². The summed E-state index contributed by atoms with van der Waals surface area (Å²) in [5.74, 6) is -1.43. The summed E-state index contributed by atoms with van der Waals surface area (Å²) >= 11 is 0. The van der Waals surface area contributed by atoms with E-state index in [1.165, 1.54) is 6.20 Å². The molecule has 172 valence electrons. The fourth-order valence-corrected chi connectivity index (χ4v) is 4.51. The molecule has 0 saturated heterocycles. The van der Waals surface area contributed by atoms with Gasteiger partial charge in [-0.1, -0.05) is 36.4 Å². The van der Waals surface area contributed by atoms with E-state index in [9.17, 15) is 14.0 Å². The number of hydrogen-bond acceptors (Lipinski definition) is 4. The zero-order valence-corrected chi connectivity index (χ0v) is 18.4. The lowest BCUT2D eigenvalue weighted by Gasteiger charge is -2.24. The Kier molecular flexibility index (Phi) is 6.03. The molecule has 34 heavy (non-hydrogen) atoms. The SMILES string of the molecule is O=C(NC(CNC(=O)C1CCCc2[nH]ncc21)c1ccc2ccccc2c1)c1cncc(F)c1. The van der Waals surface area contributed by atoms with E-state index < -0.39 is 17.8 Å². The van der Waals surface area contributed by atoms with Crippen LogP contribution in [0.4, 0.5) is 4.39 Å². The van der Waals surface area contributed by atoms with Crippen molar-refractivity contribution in [3.63, 3.8) is 0 Å². The highest BCUT2D eigenvalue weighted by Crippen LogP contribution is 2.30. The number of rotatable bonds is 6. The van der Waals surface area contributed by atoms with Crippen LogP contribution >= 0.6 is 0 Å². The zero-order valence-electron chi connectivity index (χ0n) is 18.4. The van der Waals surface area contributed by atoms with Crippen molar-refractivity contribution in [3.8, 4) is 0 Å². The largest absolute Gasteiger partial charge is 0.353 e. The molecule has 0 aliphatic heterocycles. The fraction of sp³-hybridized carbons (Fsp3) is 0.231. The lowest BCUT2D eigenvalue weighted by atomic mass is 9.86. The molecule has 2 atom stereocenters. The van der Waals surface area contributed by atoms with Crippen molar-refractivity contribution in [2.24, 2.45) is 0 Å². The first kappa shape index (κ1) is 21.8. The highest BCUT2D eigenvalue weighted by atomic mass is 19.1. The van der Waals surface area contributed by atoms with E-state index in [-0.39, 0.29) is 23.9 Å². The molecule has 0 saturated carbocycles. The summed E-state index contributed by atoms with van der Waals surface area (Å²) < 4.78 is 13.6. The molecule has 2 amide bonds. The van der Waals surface area contributed by atoms with Crippen LogP contribution in [-0.2, 0) is 11.2 Å². The van der Waals surface area contributed by atoms with Gasteiger partial charge in [-0.2, -0.15) is 5.10 Å². The van der Waals surface area contributed by atoms with Gasteiger partial charge in [0.15, 0.2) is 0 Å². The number of carbonyl (C=O) groups excluding carboxylic acids is 2. The summed E-state index contributed by atoms with van der Waals surface area (Å²) in [4.78, 5) is 29.7. The number of nitrogens with zero attached hydrogens (tertiary/aromatic N) is 2. The van der Waals surface area contributed by atoms with Crippen LogP contribution in [0, 0.1) is 5.82 Å². The molecule has 4 aromatic rings. The number of amides is 2. The minimum Gasteiger partial charge on any atom is -0.353 e. The number of benzene rings is 2. The summed E-state index contributed by atoms with van der Waals surface area (Å²) in [5.41, 5.74) is 2.89. The molecule has 8 heteroatoms. The lowest BCUT2D eigenvalue weighted by Crippen LogP contribution is -2.40. The van der Waals surface area contributed by atoms with Crippen molar-refractivity contribution in [2.45, 2.75) is 31.2 Å². The fourth-order valence-electron chi connectivity index (χ4n) is 4.51. The first-order chi connectivity index (χ1) is 16.6. The van der Waals surface area contributed by atoms with Crippen LogP contribution in [0.25, 0.3) is 10.8 Å². The topological polar surface area (TPSA) is 99.8 Å². The zero-order chi connectivity index (χ0) is 23.5. The van der Waals surface area contributed by atoms with Gasteiger partial charge in [-0.3, -0.25) is 19.7 Å². The molecule has 2 aromatic carbocycles. The molecule has 7 nitrogen and oxygen atoms in total. The summed E-state index contributed by atoms with van der Waals surface area (Å²) in [6.07, 6.45) is 6.63. The number of aromatic amines is 1. The molecule has 2 aromatic heterocycles. The third-order valence-corrected chi connectivity index (χ3v) is 6.29. The van der Waals surface area contributed by atoms with Gasteiger partial charge >= 0.3 is 0 Å². The molecular formula is C26H24FN5O2. The number of pyridine rings is 1. The van der Waals surface area contributed by atoms with Crippen LogP contribution in [0.3, 0.4) is 0 Å². The number of nitrogens with one attached hydrogen (secondary N) is 3. The average Bonchev–Trinajstić information content (AvgIpc) is 3.35. The van der Waals surface area contributed by atoms with E-state index in [1.807, 2.05) is 42.5 Å². The highest BCUT2D eigenvalue weighted by Gasteiger charge is 2.28. The normalized spacial score (nSPS) is 16.0. The van der Waals surface area contributed by atoms with Gasteiger partial charge in [-0.25, -0.2) is 4.39 Å². The predicted molar refractivity (Wildman–Crippen MR) is 126 cm³/mol. The first-order valence-corrected chi connectivity index (χ1v) is 11.3. The average molecular weight is 458 g/mol. The standard InChI is InChI=1S/C26H24FN5O2/c27-20-11-19(12-28-13-20)25(33)31-24(18-9-8-16-4-1-2-5-17(16)10-18)15-29-26(34)21-6-3-7-23-22(21)14-30-32-23/h1-2,4-5,8-14,21,24H,3,6-7,15H2,(H,29,34)(H,30,32)(H,31,33). The number of carbonyl (C=O) groups is 2. The van der Waals surface area contributed by atoms with Crippen molar-refractivity contribution in [1.29, 1.82) is 0 Å². The Morgan fingerprint density at radius 3 is 2.79 bits per heavy atom. The molecule has 1 aliphatic carbocycles. The van der Waals surface area contributed by atoms with E-state index in [1.54, 1.807) is 6.20 Å². The summed E-state index contributed by atoms with van der Waals surface area (Å²) in [7, 11) is 0. The highest BCUT2D eigenvalue weighted by molar-refractivity contribution is 5.94. The van der Waals surface area contributed by atoms with Gasteiger partial charge in [0.05, 0.1) is 29.9 Å². The molecule has 0 fully saturated rings. The van der Waals surface area contributed by atoms with Crippen LogP contribution < -0.4 is 10.6 Å². The maximum atomic E-state index is 13.6. The smallest absolute Gasteiger partial charge is 0.253 e. The molecule has 1 aliphatic rings. The number of H-pyrrole nitrogens is 1.